The van der Waals surface area contributed by atoms with Gasteiger partial charge in [0.1, 0.15) is 0 Å². The van der Waals surface area contributed by atoms with Gasteiger partial charge >= 0.3 is 5.97 Å². The van der Waals surface area contributed by atoms with Crippen molar-refractivity contribution in [3.05, 3.63) is 24.3 Å². The zero-order valence-electron chi connectivity index (χ0n) is 26.6. The fourth-order valence-electron chi connectivity index (χ4n) is 5.04. The first-order valence-electron chi connectivity index (χ1n) is 17.5. The molecule has 1 atom stereocenters. The molecule has 0 aliphatic rings. The minimum atomic E-state index is -0.425. The van der Waals surface area contributed by atoms with E-state index in [0.717, 1.165) is 25.7 Å². The lowest BCUT2D eigenvalue weighted by Crippen LogP contribution is -2.26. The predicted molar refractivity (Wildman–Crippen MR) is 173 cm³/mol. The maximum Gasteiger partial charge on any atom is 0.307 e. The van der Waals surface area contributed by atoms with Gasteiger partial charge in [0.05, 0.1) is 0 Å². The Labute approximate surface area is 245 Å². The second-order valence-electron chi connectivity index (χ2n) is 11.7. The third-order valence-electron chi connectivity index (χ3n) is 7.68. The third-order valence-corrected chi connectivity index (χ3v) is 7.68. The molecule has 39 heavy (non-hydrogen) atoms. The highest BCUT2D eigenvalue weighted by molar-refractivity contribution is 5.69. The SMILES string of the molecule is CCCCCCCC/C=C\CCCCCCCC(=O)OC(N)CCCCCCC/C=C\CCCCCCCC. The molecule has 0 spiro atoms. The van der Waals surface area contributed by atoms with Crippen molar-refractivity contribution in [3.8, 4) is 0 Å². The van der Waals surface area contributed by atoms with E-state index in [1.807, 2.05) is 0 Å². The first kappa shape index (κ1) is 37.9. The molecular weight excluding hydrogens is 478 g/mol. The predicted octanol–water partition coefficient (Wildman–Crippen LogP) is 11.9. The summed E-state index contributed by atoms with van der Waals surface area (Å²) in [7, 11) is 0. The van der Waals surface area contributed by atoms with Crippen LogP contribution in [0.5, 0.6) is 0 Å². The van der Waals surface area contributed by atoms with Crippen LogP contribution in [0.2, 0.25) is 0 Å². The van der Waals surface area contributed by atoms with Crippen molar-refractivity contribution in [3.63, 3.8) is 0 Å². The Balaban J connectivity index is 3.36. The number of carbonyl (C=O) groups is 1. The van der Waals surface area contributed by atoms with Crippen LogP contribution >= 0.6 is 0 Å². The number of ether oxygens (including phenoxy) is 1. The standard InChI is InChI=1S/C36H69NO2/c1-3-5-7-9-11-13-15-17-19-21-23-25-27-29-31-33-35(37)39-36(38)34-32-30-28-26-24-22-20-18-16-14-12-10-8-6-4-2/h17-20,35H,3-16,21-34,37H2,1-2H3/b19-17-,20-18-. The summed E-state index contributed by atoms with van der Waals surface area (Å²) < 4.78 is 5.41. The highest BCUT2D eigenvalue weighted by Gasteiger charge is 2.09. The molecule has 0 fully saturated rings. The number of hydrogen-bond acceptors (Lipinski definition) is 3. The maximum atomic E-state index is 12.0. The van der Waals surface area contributed by atoms with Gasteiger partial charge in [-0.05, 0) is 70.6 Å². The molecule has 0 radical (unpaired) electrons. The second-order valence-corrected chi connectivity index (χ2v) is 11.7. The summed E-state index contributed by atoms with van der Waals surface area (Å²) in [5, 5.41) is 0. The first-order chi connectivity index (χ1) is 19.2. The summed E-state index contributed by atoms with van der Waals surface area (Å²) in [5.74, 6) is -0.118. The van der Waals surface area contributed by atoms with Gasteiger partial charge < -0.3 is 4.74 Å². The van der Waals surface area contributed by atoms with Crippen LogP contribution in [0.3, 0.4) is 0 Å². The van der Waals surface area contributed by atoms with E-state index in [2.05, 4.69) is 38.2 Å². The van der Waals surface area contributed by atoms with Crippen molar-refractivity contribution >= 4 is 5.97 Å². The van der Waals surface area contributed by atoms with Crippen molar-refractivity contribution in [2.75, 3.05) is 0 Å². The molecule has 0 aromatic rings. The summed E-state index contributed by atoms with van der Waals surface area (Å²) in [4.78, 5) is 12.0. The quantitative estimate of drug-likeness (QED) is 0.0406. The van der Waals surface area contributed by atoms with E-state index in [1.54, 1.807) is 0 Å². The summed E-state index contributed by atoms with van der Waals surface area (Å²) in [6.07, 6.45) is 43.6. The van der Waals surface area contributed by atoms with Crippen LogP contribution < -0.4 is 5.73 Å². The fraction of sp³-hybridized carbons (Fsp3) is 0.861. The lowest BCUT2D eigenvalue weighted by atomic mass is 10.1. The number of nitrogens with two attached hydrogens (primary N) is 1. The van der Waals surface area contributed by atoms with Gasteiger partial charge in [0.2, 0.25) is 0 Å². The van der Waals surface area contributed by atoms with Gasteiger partial charge in [0.25, 0.3) is 0 Å². The number of rotatable bonds is 31. The van der Waals surface area contributed by atoms with Gasteiger partial charge in [-0.2, -0.15) is 0 Å². The van der Waals surface area contributed by atoms with E-state index in [-0.39, 0.29) is 5.97 Å². The summed E-state index contributed by atoms with van der Waals surface area (Å²) >= 11 is 0. The molecule has 2 N–H and O–H groups in total. The molecule has 0 rings (SSSR count). The lowest BCUT2D eigenvalue weighted by Gasteiger charge is -2.13. The number of allylic oxidation sites excluding steroid dienone is 4. The van der Waals surface area contributed by atoms with Crippen molar-refractivity contribution in [1.29, 1.82) is 0 Å². The van der Waals surface area contributed by atoms with Gasteiger partial charge in [0, 0.05) is 6.42 Å². The Morgan fingerprint density at radius 3 is 1.26 bits per heavy atom. The van der Waals surface area contributed by atoms with E-state index in [1.165, 1.54) is 148 Å². The van der Waals surface area contributed by atoms with Crippen LogP contribution in [-0.4, -0.2) is 12.2 Å². The summed E-state index contributed by atoms with van der Waals surface area (Å²) in [6.45, 7) is 4.55. The molecule has 0 aromatic carbocycles. The molecule has 0 amide bonds. The molecule has 3 heteroatoms. The Morgan fingerprint density at radius 1 is 0.513 bits per heavy atom. The van der Waals surface area contributed by atoms with Crippen molar-refractivity contribution in [2.24, 2.45) is 5.73 Å². The second kappa shape index (κ2) is 33.1. The minimum absolute atomic E-state index is 0.118. The minimum Gasteiger partial charge on any atom is -0.447 e. The molecular formula is C36H69NO2. The largest absolute Gasteiger partial charge is 0.447 e. The van der Waals surface area contributed by atoms with E-state index < -0.39 is 6.23 Å². The topological polar surface area (TPSA) is 52.3 Å². The van der Waals surface area contributed by atoms with Crippen LogP contribution in [0, 0.1) is 0 Å². The van der Waals surface area contributed by atoms with Crippen LogP contribution in [0.1, 0.15) is 194 Å². The number of carbonyl (C=O) groups excluding carboxylic acids is 1. The van der Waals surface area contributed by atoms with E-state index in [9.17, 15) is 4.79 Å². The van der Waals surface area contributed by atoms with Crippen LogP contribution in [0.15, 0.2) is 24.3 Å². The van der Waals surface area contributed by atoms with E-state index in [4.69, 9.17) is 10.5 Å². The first-order valence-corrected chi connectivity index (χ1v) is 17.5. The Kier molecular flexibility index (Phi) is 32.2. The van der Waals surface area contributed by atoms with E-state index in [0.29, 0.717) is 6.42 Å². The smallest absolute Gasteiger partial charge is 0.307 e. The Hall–Kier alpha value is -1.09. The normalized spacial score (nSPS) is 12.6. The number of unbranched alkanes of at least 4 members (excludes halogenated alkanes) is 22. The van der Waals surface area contributed by atoms with E-state index >= 15 is 0 Å². The third kappa shape index (κ3) is 33.0. The van der Waals surface area contributed by atoms with Crippen molar-refractivity contribution < 1.29 is 9.53 Å². The van der Waals surface area contributed by atoms with Crippen LogP contribution in [0.4, 0.5) is 0 Å². The number of esters is 1. The maximum absolute atomic E-state index is 12.0. The summed E-state index contributed by atoms with van der Waals surface area (Å²) in [6, 6.07) is 0. The molecule has 230 valence electrons. The average Bonchev–Trinajstić information content (AvgIpc) is 2.93. The molecule has 3 nitrogen and oxygen atoms in total. The molecule has 0 saturated carbocycles. The van der Waals surface area contributed by atoms with Crippen LogP contribution in [-0.2, 0) is 9.53 Å². The lowest BCUT2D eigenvalue weighted by molar-refractivity contribution is -0.149. The van der Waals surface area contributed by atoms with Crippen LogP contribution in [0.25, 0.3) is 0 Å². The Morgan fingerprint density at radius 2 is 0.846 bits per heavy atom. The molecule has 1 unspecified atom stereocenters. The van der Waals surface area contributed by atoms with Crippen molar-refractivity contribution in [2.45, 2.75) is 200 Å². The number of hydrogen-bond donors (Lipinski definition) is 1. The fourth-order valence-corrected chi connectivity index (χ4v) is 5.04. The van der Waals surface area contributed by atoms with Gasteiger partial charge in [0.15, 0.2) is 6.23 Å². The van der Waals surface area contributed by atoms with Crippen molar-refractivity contribution in [1.82, 2.24) is 0 Å². The molecule has 0 aromatic heterocycles. The molecule has 0 aliphatic heterocycles. The monoisotopic (exact) mass is 548 g/mol. The van der Waals surface area contributed by atoms with Gasteiger partial charge in [-0.1, -0.05) is 141 Å². The van der Waals surface area contributed by atoms with Gasteiger partial charge in [-0.3, -0.25) is 10.5 Å². The molecule has 0 heterocycles. The zero-order valence-corrected chi connectivity index (χ0v) is 26.6. The average molecular weight is 548 g/mol. The molecule has 0 aliphatic carbocycles. The van der Waals surface area contributed by atoms with Gasteiger partial charge in [-0.15, -0.1) is 0 Å². The Bertz CT molecular complexity index is 542. The molecule has 0 bridgehead atoms. The zero-order chi connectivity index (χ0) is 28.5. The summed E-state index contributed by atoms with van der Waals surface area (Å²) in [5.41, 5.74) is 6.03. The van der Waals surface area contributed by atoms with Gasteiger partial charge in [-0.25, -0.2) is 0 Å². The highest BCUT2D eigenvalue weighted by Crippen LogP contribution is 2.13. The highest BCUT2D eigenvalue weighted by atomic mass is 16.6. The molecule has 0 saturated heterocycles.